The van der Waals surface area contributed by atoms with Crippen LogP contribution in [-0.2, 0) is 17.9 Å². The molecule has 0 aliphatic rings. The van der Waals surface area contributed by atoms with Gasteiger partial charge in [-0.3, -0.25) is 4.79 Å². The van der Waals surface area contributed by atoms with Crippen molar-refractivity contribution < 1.29 is 14.3 Å². The van der Waals surface area contributed by atoms with Crippen molar-refractivity contribution in [2.24, 2.45) is 5.92 Å². The molecule has 6 nitrogen and oxygen atoms in total. The summed E-state index contributed by atoms with van der Waals surface area (Å²) in [5.74, 6) is 2.47. The van der Waals surface area contributed by atoms with Crippen LogP contribution in [0.2, 0.25) is 0 Å². The highest BCUT2D eigenvalue weighted by Crippen LogP contribution is 2.19. The molecule has 1 N–H and O–H groups in total. The predicted octanol–water partition coefficient (Wildman–Crippen LogP) is 3.79. The maximum Gasteiger partial charge on any atom is 0.222 e. The zero-order valence-corrected chi connectivity index (χ0v) is 16.6. The number of aryl methyl sites for hydroxylation is 1. The predicted molar refractivity (Wildman–Crippen MR) is 110 cm³/mol. The average Bonchev–Trinajstić information content (AvgIpc) is 3.07. The number of benzene rings is 2. The molecule has 0 aliphatic carbocycles. The molecule has 0 saturated heterocycles. The van der Waals surface area contributed by atoms with Gasteiger partial charge in [-0.1, -0.05) is 26.0 Å². The number of rotatable bonds is 9. The van der Waals surface area contributed by atoms with E-state index < -0.39 is 0 Å². The minimum atomic E-state index is -0.0456. The number of aromatic nitrogens is 2. The van der Waals surface area contributed by atoms with Gasteiger partial charge in [0.1, 0.15) is 17.3 Å². The van der Waals surface area contributed by atoms with Gasteiger partial charge in [-0.2, -0.15) is 0 Å². The summed E-state index contributed by atoms with van der Waals surface area (Å²) in [7, 11) is 1.65. The molecule has 0 aliphatic heterocycles. The standard InChI is InChI=1S/C22H27N3O3/c1-16(2)22(26)23-15-21-24-19-7-4-5-8-20(19)25(21)13-6-14-28-18-11-9-17(27-3)10-12-18/h4-5,7-12,16H,6,13-15H2,1-3H3,(H,23,26). The molecule has 0 fully saturated rings. The molecule has 0 spiro atoms. The number of para-hydroxylation sites is 2. The van der Waals surface area contributed by atoms with Crippen LogP contribution in [0.15, 0.2) is 48.5 Å². The summed E-state index contributed by atoms with van der Waals surface area (Å²) in [5, 5.41) is 2.96. The number of nitrogens with zero attached hydrogens (tertiary/aromatic N) is 2. The highest BCUT2D eigenvalue weighted by molar-refractivity contribution is 5.78. The van der Waals surface area contributed by atoms with E-state index in [-0.39, 0.29) is 11.8 Å². The highest BCUT2D eigenvalue weighted by atomic mass is 16.5. The third-order valence-corrected chi connectivity index (χ3v) is 4.53. The summed E-state index contributed by atoms with van der Waals surface area (Å²) < 4.78 is 13.1. The molecule has 28 heavy (non-hydrogen) atoms. The molecule has 6 heteroatoms. The lowest BCUT2D eigenvalue weighted by atomic mass is 10.2. The lowest BCUT2D eigenvalue weighted by molar-refractivity contribution is -0.124. The van der Waals surface area contributed by atoms with Crippen molar-refractivity contribution in [3.05, 3.63) is 54.4 Å². The van der Waals surface area contributed by atoms with Gasteiger partial charge in [-0.25, -0.2) is 4.98 Å². The van der Waals surface area contributed by atoms with Crippen LogP contribution < -0.4 is 14.8 Å². The number of imidazole rings is 1. The lowest BCUT2D eigenvalue weighted by Crippen LogP contribution is -2.28. The number of nitrogens with one attached hydrogen (secondary N) is 1. The van der Waals surface area contributed by atoms with E-state index in [9.17, 15) is 4.79 Å². The smallest absolute Gasteiger partial charge is 0.222 e. The first kappa shape index (κ1) is 19.7. The summed E-state index contributed by atoms with van der Waals surface area (Å²) in [6.07, 6.45) is 0.831. The monoisotopic (exact) mass is 381 g/mol. The fourth-order valence-electron chi connectivity index (χ4n) is 2.96. The van der Waals surface area contributed by atoms with Crippen molar-refractivity contribution in [1.29, 1.82) is 0 Å². The first-order valence-corrected chi connectivity index (χ1v) is 9.57. The van der Waals surface area contributed by atoms with Crippen molar-refractivity contribution in [2.75, 3.05) is 13.7 Å². The number of hydrogen-bond donors (Lipinski definition) is 1. The second kappa shape index (κ2) is 9.26. The molecule has 1 heterocycles. The molecule has 0 atom stereocenters. The van der Waals surface area contributed by atoms with Gasteiger partial charge >= 0.3 is 0 Å². The first-order valence-electron chi connectivity index (χ1n) is 9.57. The van der Waals surface area contributed by atoms with Crippen LogP contribution in [0.1, 0.15) is 26.1 Å². The molecule has 1 amide bonds. The summed E-state index contributed by atoms with van der Waals surface area (Å²) >= 11 is 0. The largest absolute Gasteiger partial charge is 0.497 e. The van der Waals surface area contributed by atoms with Gasteiger partial charge in [-0.05, 0) is 42.8 Å². The van der Waals surface area contributed by atoms with Crippen LogP contribution in [0.4, 0.5) is 0 Å². The summed E-state index contributed by atoms with van der Waals surface area (Å²) in [6.45, 7) is 5.55. The normalized spacial score (nSPS) is 11.0. The molecule has 0 unspecified atom stereocenters. The Balaban J connectivity index is 1.63. The lowest BCUT2D eigenvalue weighted by Gasteiger charge is -2.12. The molecule has 1 aromatic heterocycles. The Morgan fingerprint density at radius 2 is 1.82 bits per heavy atom. The number of methoxy groups -OCH3 is 1. The zero-order chi connectivity index (χ0) is 19.9. The maximum absolute atomic E-state index is 11.9. The van der Waals surface area contributed by atoms with Crippen LogP contribution in [-0.4, -0.2) is 29.2 Å². The van der Waals surface area contributed by atoms with Crippen molar-refractivity contribution in [1.82, 2.24) is 14.9 Å². The number of carbonyl (C=O) groups excluding carboxylic acids is 1. The minimum Gasteiger partial charge on any atom is -0.497 e. The highest BCUT2D eigenvalue weighted by Gasteiger charge is 2.13. The van der Waals surface area contributed by atoms with Gasteiger partial charge < -0.3 is 19.4 Å². The van der Waals surface area contributed by atoms with Gasteiger partial charge in [0.25, 0.3) is 0 Å². The van der Waals surface area contributed by atoms with Crippen molar-refractivity contribution in [2.45, 2.75) is 33.4 Å². The number of fused-ring (bicyclic) bond motifs is 1. The molecule has 2 aromatic carbocycles. The van der Waals surface area contributed by atoms with Crippen LogP contribution in [0.5, 0.6) is 11.5 Å². The van der Waals surface area contributed by atoms with Crippen LogP contribution in [0.25, 0.3) is 11.0 Å². The van der Waals surface area contributed by atoms with E-state index in [1.165, 1.54) is 0 Å². The van der Waals surface area contributed by atoms with E-state index in [4.69, 9.17) is 14.5 Å². The number of ether oxygens (including phenoxy) is 2. The Morgan fingerprint density at radius 1 is 1.11 bits per heavy atom. The zero-order valence-electron chi connectivity index (χ0n) is 16.6. The van der Waals surface area contributed by atoms with E-state index in [1.807, 2.05) is 56.3 Å². The Labute approximate surface area is 165 Å². The maximum atomic E-state index is 11.9. The Kier molecular flexibility index (Phi) is 6.53. The van der Waals surface area contributed by atoms with Gasteiger partial charge in [-0.15, -0.1) is 0 Å². The van der Waals surface area contributed by atoms with E-state index in [0.29, 0.717) is 13.2 Å². The Hall–Kier alpha value is -3.02. The molecule has 3 rings (SSSR count). The third kappa shape index (κ3) is 4.82. The molecule has 3 aromatic rings. The molecular weight excluding hydrogens is 354 g/mol. The van der Waals surface area contributed by atoms with Gasteiger partial charge in [0.2, 0.25) is 5.91 Å². The van der Waals surface area contributed by atoms with Gasteiger partial charge in [0, 0.05) is 12.5 Å². The fraction of sp³-hybridized carbons (Fsp3) is 0.364. The average molecular weight is 381 g/mol. The third-order valence-electron chi connectivity index (χ3n) is 4.53. The van der Waals surface area contributed by atoms with E-state index in [0.717, 1.165) is 41.3 Å². The second-order valence-corrected chi connectivity index (χ2v) is 6.92. The van der Waals surface area contributed by atoms with Gasteiger partial charge in [0.15, 0.2) is 0 Å². The number of hydrogen-bond acceptors (Lipinski definition) is 4. The first-order chi connectivity index (χ1) is 13.6. The van der Waals surface area contributed by atoms with Crippen LogP contribution >= 0.6 is 0 Å². The fourth-order valence-corrected chi connectivity index (χ4v) is 2.96. The number of carbonyl (C=O) groups is 1. The SMILES string of the molecule is COc1ccc(OCCCn2c(CNC(=O)C(C)C)nc3ccccc32)cc1. The van der Waals surface area contributed by atoms with Crippen LogP contribution in [0.3, 0.4) is 0 Å². The molecular formula is C22H27N3O3. The number of amides is 1. The van der Waals surface area contributed by atoms with Gasteiger partial charge in [0.05, 0.1) is 31.3 Å². The van der Waals surface area contributed by atoms with Crippen LogP contribution in [0, 0.1) is 5.92 Å². The Morgan fingerprint density at radius 3 is 2.54 bits per heavy atom. The molecule has 0 radical (unpaired) electrons. The second-order valence-electron chi connectivity index (χ2n) is 6.92. The summed E-state index contributed by atoms with van der Waals surface area (Å²) in [6, 6.07) is 15.6. The molecule has 0 bridgehead atoms. The van der Waals surface area contributed by atoms with Crippen molar-refractivity contribution in [3.8, 4) is 11.5 Å². The molecule has 0 saturated carbocycles. The van der Waals surface area contributed by atoms with E-state index in [1.54, 1.807) is 7.11 Å². The topological polar surface area (TPSA) is 65.4 Å². The molecule has 148 valence electrons. The van der Waals surface area contributed by atoms with Crippen molar-refractivity contribution >= 4 is 16.9 Å². The van der Waals surface area contributed by atoms with Crippen molar-refractivity contribution in [3.63, 3.8) is 0 Å². The van der Waals surface area contributed by atoms with E-state index >= 15 is 0 Å². The summed E-state index contributed by atoms with van der Waals surface area (Å²) in [5.41, 5.74) is 2.01. The Bertz CT molecular complexity index is 916. The summed E-state index contributed by atoms with van der Waals surface area (Å²) in [4.78, 5) is 16.6. The quantitative estimate of drug-likeness (QED) is 0.573. The minimum absolute atomic E-state index is 0.0291. The van der Waals surface area contributed by atoms with E-state index in [2.05, 4.69) is 16.0 Å².